The monoisotopic (exact) mass is 290 g/mol. The lowest BCUT2D eigenvalue weighted by molar-refractivity contribution is -0.145. The predicted octanol–water partition coefficient (Wildman–Crippen LogP) is 4.40. The Labute approximate surface area is 127 Å². The van der Waals surface area contributed by atoms with Crippen molar-refractivity contribution in [2.45, 2.75) is 57.8 Å². The Balaban J connectivity index is 2.17. The third kappa shape index (κ3) is 3.39. The summed E-state index contributed by atoms with van der Waals surface area (Å²) in [5, 5.41) is 9.80. The van der Waals surface area contributed by atoms with Gasteiger partial charge >= 0.3 is 5.97 Å². The maximum absolute atomic E-state index is 11.9. The van der Waals surface area contributed by atoms with Gasteiger partial charge < -0.3 is 9.84 Å². The molecule has 0 heterocycles. The number of hydrogen-bond donors (Lipinski definition) is 1. The van der Waals surface area contributed by atoms with Gasteiger partial charge in [0.05, 0.1) is 12.0 Å². The molecule has 0 bridgehead atoms. The molecule has 0 aromatic heterocycles. The van der Waals surface area contributed by atoms with Crippen LogP contribution in [0.1, 0.15) is 57.9 Å². The van der Waals surface area contributed by atoms with Crippen molar-refractivity contribution in [1.82, 2.24) is 0 Å². The molecule has 1 aromatic carbocycles. The summed E-state index contributed by atoms with van der Waals surface area (Å²) in [5.74, 6) is 0.827. The summed E-state index contributed by atoms with van der Waals surface area (Å²) in [7, 11) is 0. The first-order valence-electron chi connectivity index (χ1n) is 8.09. The fourth-order valence-corrected chi connectivity index (χ4v) is 3.53. The molecule has 1 aliphatic rings. The highest BCUT2D eigenvalue weighted by Crippen LogP contribution is 2.43. The summed E-state index contributed by atoms with van der Waals surface area (Å²) in [4.78, 5) is 11.9. The maximum Gasteiger partial charge on any atom is 0.314 e. The normalized spacial score (nSPS) is 25.5. The minimum atomic E-state index is -0.699. The summed E-state index contributed by atoms with van der Waals surface area (Å²) in [5.41, 5.74) is 0.225. The second-order valence-electron chi connectivity index (χ2n) is 6.08. The van der Waals surface area contributed by atoms with Gasteiger partial charge in [0, 0.05) is 0 Å². The minimum Gasteiger partial charge on any atom is -0.494 e. The molecule has 1 fully saturated rings. The van der Waals surface area contributed by atoms with Crippen molar-refractivity contribution in [3.8, 4) is 5.75 Å². The van der Waals surface area contributed by atoms with E-state index in [-0.39, 0.29) is 0 Å². The number of rotatable bonds is 6. The van der Waals surface area contributed by atoms with Crippen LogP contribution in [0.4, 0.5) is 0 Å². The van der Waals surface area contributed by atoms with Gasteiger partial charge in [-0.1, -0.05) is 31.9 Å². The number of hydrogen-bond acceptors (Lipinski definition) is 2. The summed E-state index contributed by atoms with van der Waals surface area (Å²) in [6.45, 7) is 4.77. The van der Waals surface area contributed by atoms with Crippen molar-refractivity contribution in [3.05, 3.63) is 29.8 Å². The molecule has 3 nitrogen and oxygen atoms in total. The van der Waals surface area contributed by atoms with Crippen molar-refractivity contribution in [3.63, 3.8) is 0 Å². The summed E-state index contributed by atoms with van der Waals surface area (Å²) >= 11 is 0. The standard InChI is InChI=1S/C18H26O3/c1-3-5-14-10-12-18(13-11-14,17(19)20)15-6-8-16(9-7-15)21-4-2/h6-9,14H,3-5,10-13H2,1-2H3,(H,19,20). The molecular formula is C18H26O3. The van der Waals surface area contributed by atoms with E-state index in [9.17, 15) is 9.90 Å². The Morgan fingerprint density at radius 2 is 1.86 bits per heavy atom. The molecular weight excluding hydrogens is 264 g/mol. The van der Waals surface area contributed by atoms with E-state index in [0.29, 0.717) is 12.5 Å². The first-order chi connectivity index (χ1) is 10.1. The van der Waals surface area contributed by atoms with Gasteiger partial charge in [0.25, 0.3) is 0 Å². The van der Waals surface area contributed by atoms with Crippen LogP contribution < -0.4 is 4.74 Å². The maximum atomic E-state index is 11.9. The number of carboxylic acids is 1. The average Bonchev–Trinajstić information content (AvgIpc) is 2.49. The Kier molecular flexibility index (Phi) is 5.27. The molecule has 0 aliphatic heterocycles. The first kappa shape index (κ1) is 15.9. The number of ether oxygens (including phenoxy) is 1. The van der Waals surface area contributed by atoms with Gasteiger partial charge in [-0.3, -0.25) is 4.79 Å². The van der Waals surface area contributed by atoms with Gasteiger partial charge in [0.15, 0.2) is 0 Å². The highest BCUT2D eigenvalue weighted by molar-refractivity contribution is 5.81. The van der Waals surface area contributed by atoms with Crippen LogP contribution in [0.2, 0.25) is 0 Å². The van der Waals surface area contributed by atoms with Crippen LogP contribution in [-0.2, 0) is 10.2 Å². The largest absolute Gasteiger partial charge is 0.494 e. The van der Waals surface area contributed by atoms with E-state index in [1.165, 1.54) is 12.8 Å². The van der Waals surface area contributed by atoms with Gasteiger partial charge in [-0.05, 0) is 56.2 Å². The SMILES string of the molecule is CCCC1CCC(C(=O)O)(c2ccc(OCC)cc2)CC1. The molecule has 1 aliphatic carbocycles. The fourth-order valence-electron chi connectivity index (χ4n) is 3.53. The van der Waals surface area contributed by atoms with Crippen LogP contribution >= 0.6 is 0 Å². The third-order valence-corrected chi connectivity index (χ3v) is 4.78. The lowest BCUT2D eigenvalue weighted by atomic mass is 9.66. The smallest absolute Gasteiger partial charge is 0.314 e. The number of carboxylic acid groups (broad SMARTS) is 1. The number of carbonyl (C=O) groups is 1. The van der Waals surface area contributed by atoms with Crippen molar-refractivity contribution < 1.29 is 14.6 Å². The van der Waals surface area contributed by atoms with Gasteiger partial charge in [-0.2, -0.15) is 0 Å². The Hall–Kier alpha value is -1.51. The minimum absolute atomic E-state index is 0.627. The Bertz CT molecular complexity index is 456. The summed E-state index contributed by atoms with van der Waals surface area (Å²) < 4.78 is 5.44. The molecule has 0 amide bonds. The van der Waals surface area contributed by atoms with Crippen LogP contribution in [0.5, 0.6) is 5.75 Å². The van der Waals surface area contributed by atoms with Crippen molar-refractivity contribution >= 4 is 5.97 Å². The van der Waals surface area contributed by atoms with Crippen LogP contribution in [0.25, 0.3) is 0 Å². The third-order valence-electron chi connectivity index (χ3n) is 4.78. The molecule has 0 radical (unpaired) electrons. The van der Waals surface area contributed by atoms with E-state index in [4.69, 9.17) is 4.74 Å². The van der Waals surface area contributed by atoms with Gasteiger partial charge in [-0.15, -0.1) is 0 Å². The Morgan fingerprint density at radius 3 is 2.33 bits per heavy atom. The van der Waals surface area contributed by atoms with Crippen LogP contribution in [0, 0.1) is 5.92 Å². The second kappa shape index (κ2) is 6.97. The van der Waals surface area contributed by atoms with E-state index >= 15 is 0 Å². The first-order valence-corrected chi connectivity index (χ1v) is 8.09. The van der Waals surface area contributed by atoms with Crippen LogP contribution in [-0.4, -0.2) is 17.7 Å². The molecule has 21 heavy (non-hydrogen) atoms. The van der Waals surface area contributed by atoms with Gasteiger partial charge in [0.2, 0.25) is 0 Å². The molecule has 2 rings (SSSR count). The van der Waals surface area contributed by atoms with Crippen molar-refractivity contribution in [1.29, 1.82) is 0 Å². The average molecular weight is 290 g/mol. The van der Waals surface area contributed by atoms with E-state index in [1.54, 1.807) is 0 Å². The highest BCUT2D eigenvalue weighted by atomic mass is 16.5. The zero-order chi connectivity index (χ0) is 15.3. The van der Waals surface area contributed by atoms with Crippen LogP contribution in [0.15, 0.2) is 24.3 Å². The zero-order valence-corrected chi connectivity index (χ0v) is 13.1. The number of aliphatic carboxylic acids is 1. The molecule has 0 spiro atoms. The quantitative estimate of drug-likeness (QED) is 0.844. The summed E-state index contributed by atoms with van der Waals surface area (Å²) in [6, 6.07) is 7.64. The number of benzene rings is 1. The van der Waals surface area contributed by atoms with Gasteiger partial charge in [0.1, 0.15) is 5.75 Å². The molecule has 0 saturated heterocycles. The van der Waals surface area contributed by atoms with Crippen LogP contribution in [0.3, 0.4) is 0 Å². The lowest BCUT2D eigenvalue weighted by Crippen LogP contribution is -2.39. The second-order valence-corrected chi connectivity index (χ2v) is 6.08. The van der Waals surface area contributed by atoms with E-state index in [1.807, 2.05) is 31.2 Å². The van der Waals surface area contributed by atoms with E-state index in [0.717, 1.165) is 37.0 Å². The highest BCUT2D eigenvalue weighted by Gasteiger charge is 2.43. The topological polar surface area (TPSA) is 46.5 Å². The summed E-state index contributed by atoms with van der Waals surface area (Å²) in [6.07, 6.45) is 5.95. The van der Waals surface area contributed by atoms with Crippen molar-refractivity contribution in [2.75, 3.05) is 6.61 Å². The molecule has 116 valence electrons. The fraction of sp³-hybridized carbons (Fsp3) is 0.611. The predicted molar refractivity (Wildman–Crippen MR) is 83.8 cm³/mol. The molecule has 0 unspecified atom stereocenters. The van der Waals surface area contributed by atoms with E-state index < -0.39 is 11.4 Å². The zero-order valence-electron chi connectivity index (χ0n) is 13.1. The molecule has 1 saturated carbocycles. The molecule has 1 N–H and O–H groups in total. The van der Waals surface area contributed by atoms with Crippen molar-refractivity contribution in [2.24, 2.45) is 5.92 Å². The Morgan fingerprint density at radius 1 is 1.24 bits per heavy atom. The lowest BCUT2D eigenvalue weighted by Gasteiger charge is -2.37. The molecule has 0 atom stereocenters. The molecule has 3 heteroatoms. The molecule has 1 aromatic rings. The van der Waals surface area contributed by atoms with E-state index in [2.05, 4.69) is 6.92 Å². The van der Waals surface area contributed by atoms with Gasteiger partial charge in [-0.25, -0.2) is 0 Å².